The van der Waals surface area contributed by atoms with Crippen LogP contribution in [0, 0.1) is 17.9 Å². The molecule has 0 aliphatic rings. The summed E-state index contributed by atoms with van der Waals surface area (Å²) >= 11 is 0. The molecule has 0 aliphatic carbocycles. The highest BCUT2D eigenvalue weighted by Gasteiger charge is 2.14. The number of rotatable bonds is 6. The molecule has 0 N–H and O–H groups in total. The molecule has 40 heavy (non-hydrogen) atoms. The van der Waals surface area contributed by atoms with Gasteiger partial charge in [0.05, 0.1) is 12.1 Å². The van der Waals surface area contributed by atoms with Crippen molar-refractivity contribution in [3.63, 3.8) is 0 Å². The summed E-state index contributed by atoms with van der Waals surface area (Å²) in [6.45, 7) is 7.99. The molecule has 0 aliphatic heterocycles. The molecule has 0 fully saturated rings. The normalized spacial score (nSPS) is 11.2. The van der Waals surface area contributed by atoms with E-state index in [-0.39, 0.29) is 0 Å². The van der Waals surface area contributed by atoms with Crippen LogP contribution in [-0.2, 0) is 0 Å². The van der Waals surface area contributed by atoms with E-state index in [0.717, 1.165) is 55.2 Å². The van der Waals surface area contributed by atoms with E-state index in [1.54, 1.807) is 0 Å². The summed E-state index contributed by atoms with van der Waals surface area (Å²) in [6.07, 6.45) is 8.23. The fraction of sp³-hybridized carbons (Fsp3) is 0.111. The van der Waals surface area contributed by atoms with Gasteiger partial charge in [0.15, 0.2) is 0 Å². The van der Waals surface area contributed by atoms with E-state index in [9.17, 15) is 5.26 Å². The highest BCUT2D eigenvalue weighted by molar-refractivity contribution is 6.16. The highest BCUT2D eigenvalue weighted by Crippen LogP contribution is 2.39. The van der Waals surface area contributed by atoms with Crippen molar-refractivity contribution in [2.45, 2.75) is 0 Å². The first-order chi connectivity index (χ1) is 19.4. The molecule has 5 aromatic rings. The van der Waals surface area contributed by atoms with Crippen LogP contribution in [0.15, 0.2) is 84.9 Å². The van der Waals surface area contributed by atoms with Gasteiger partial charge in [-0.3, -0.25) is 0 Å². The minimum atomic E-state index is 0.574. The Morgan fingerprint density at radius 3 is 1.45 bits per heavy atom. The number of anilines is 2. The minimum Gasteiger partial charge on any atom is -0.378 e. The monoisotopic (exact) mass is 518 g/mol. The van der Waals surface area contributed by atoms with E-state index < -0.39 is 0 Å². The van der Waals surface area contributed by atoms with Gasteiger partial charge in [-0.25, -0.2) is 4.85 Å². The van der Waals surface area contributed by atoms with Crippen LogP contribution in [0.3, 0.4) is 0 Å². The minimum absolute atomic E-state index is 0.574. The second-order valence-electron chi connectivity index (χ2n) is 10.2. The number of nitriles is 1. The van der Waals surface area contributed by atoms with Crippen molar-refractivity contribution in [3.8, 4) is 6.07 Å². The third kappa shape index (κ3) is 5.30. The smallest absolute Gasteiger partial charge is 0.202 e. The fourth-order valence-electron chi connectivity index (χ4n) is 4.84. The lowest BCUT2D eigenvalue weighted by atomic mass is 9.93. The molecule has 0 spiro atoms. The second kappa shape index (κ2) is 11.2. The van der Waals surface area contributed by atoms with E-state index >= 15 is 0 Å². The molecule has 0 atom stereocenters. The average Bonchev–Trinajstić information content (AvgIpc) is 2.98. The van der Waals surface area contributed by atoms with E-state index in [1.807, 2.05) is 76.7 Å². The summed E-state index contributed by atoms with van der Waals surface area (Å²) in [7, 11) is 8.10. The Morgan fingerprint density at radius 2 is 1.00 bits per heavy atom. The summed E-state index contributed by atoms with van der Waals surface area (Å²) in [5.41, 5.74) is 7.63. The molecule has 0 radical (unpaired) electrons. The van der Waals surface area contributed by atoms with E-state index in [0.29, 0.717) is 11.3 Å². The van der Waals surface area contributed by atoms with Gasteiger partial charge in [-0.2, -0.15) is 5.26 Å². The maximum absolute atomic E-state index is 10.2. The van der Waals surface area contributed by atoms with Crippen molar-refractivity contribution in [2.75, 3.05) is 38.0 Å². The molecule has 0 unspecified atom stereocenters. The first-order valence-electron chi connectivity index (χ1n) is 13.1. The fourth-order valence-corrected chi connectivity index (χ4v) is 4.84. The van der Waals surface area contributed by atoms with Gasteiger partial charge in [0.2, 0.25) is 5.69 Å². The molecule has 5 rings (SSSR count). The Morgan fingerprint density at radius 1 is 0.575 bits per heavy atom. The van der Waals surface area contributed by atoms with Crippen LogP contribution in [0.4, 0.5) is 17.1 Å². The molecule has 0 bridgehead atoms. The lowest BCUT2D eigenvalue weighted by Crippen LogP contribution is -2.07. The Kier molecular flexibility index (Phi) is 7.36. The quantitative estimate of drug-likeness (QED) is 0.128. The third-order valence-electron chi connectivity index (χ3n) is 7.12. The van der Waals surface area contributed by atoms with Gasteiger partial charge >= 0.3 is 0 Å². The van der Waals surface area contributed by atoms with Crippen LogP contribution < -0.4 is 9.80 Å². The zero-order valence-electron chi connectivity index (χ0n) is 23.2. The van der Waals surface area contributed by atoms with Crippen molar-refractivity contribution in [1.29, 1.82) is 5.26 Å². The highest BCUT2D eigenvalue weighted by atomic mass is 15.1. The van der Waals surface area contributed by atoms with E-state index in [1.165, 1.54) is 0 Å². The molecule has 0 amide bonds. The van der Waals surface area contributed by atoms with Gasteiger partial charge in [-0.1, -0.05) is 78.9 Å². The molecular formula is C36H30N4. The predicted octanol–water partition coefficient (Wildman–Crippen LogP) is 8.89. The molecule has 4 heteroatoms. The van der Waals surface area contributed by atoms with Crippen LogP contribution in [0.5, 0.6) is 0 Å². The Balaban J connectivity index is 1.52. The van der Waals surface area contributed by atoms with Gasteiger partial charge in [0.1, 0.15) is 6.07 Å². The molecule has 0 aromatic heterocycles. The Bertz CT molecular complexity index is 1700. The van der Waals surface area contributed by atoms with Crippen LogP contribution in [0.2, 0.25) is 0 Å². The molecule has 0 heterocycles. The molecule has 0 saturated carbocycles. The van der Waals surface area contributed by atoms with Gasteiger partial charge in [0.25, 0.3) is 0 Å². The number of fused-ring (bicyclic) bond motifs is 2. The lowest BCUT2D eigenvalue weighted by molar-refractivity contribution is 1.13. The molecule has 4 nitrogen and oxygen atoms in total. The van der Waals surface area contributed by atoms with Crippen LogP contribution in [0.25, 0.3) is 50.7 Å². The zero-order chi connectivity index (χ0) is 28.2. The summed E-state index contributed by atoms with van der Waals surface area (Å²) in [4.78, 5) is 8.07. The summed E-state index contributed by atoms with van der Waals surface area (Å²) < 4.78 is 0. The largest absolute Gasteiger partial charge is 0.378 e. The lowest BCUT2D eigenvalue weighted by Gasteiger charge is -2.12. The van der Waals surface area contributed by atoms with Crippen LogP contribution in [-0.4, -0.2) is 28.2 Å². The number of hydrogen-bond donors (Lipinski definition) is 0. The van der Waals surface area contributed by atoms with Crippen molar-refractivity contribution in [2.24, 2.45) is 0 Å². The number of benzene rings is 5. The number of hydrogen-bond acceptors (Lipinski definition) is 3. The zero-order valence-corrected chi connectivity index (χ0v) is 23.2. The van der Waals surface area contributed by atoms with Crippen molar-refractivity contribution >= 4 is 62.9 Å². The Labute approximate surface area is 236 Å². The third-order valence-corrected chi connectivity index (χ3v) is 7.12. The summed E-state index contributed by atoms with van der Waals surface area (Å²) in [6, 6.07) is 31.1. The van der Waals surface area contributed by atoms with Crippen molar-refractivity contribution < 1.29 is 0 Å². The van der Waals surface area contributed by atoms with E-state index in [2.05, 4.69) is 81.4 Å². The first kappa shape index (κ1) is 26.3. The second-order valence-corrected chi connectivity index (χ2v) is 10.2. The Hall–Kier alpha value is -5.32. The number of nitrogens with zero attached hydrogens (tertiary/aromatic N) is 4. The standard InChI is InChI=1S/C36H30N4/c1-38-36-32-21-15-27(8-6-25-10-16-29(17-11-25)39(2)3)22-33(32)35(24-37)31-20-14-28(23-34(31)36)9-7-26-12-18-30(19-13-26)40(4)5/h6-23H,2-5H3/b8-6+,9-7+. The van der Waals surface area contributed by atoms with Gasteiger partial charge < -0.3 is 9.80 Å². The van der Waals surface area contributed by atoms with Crippen LogP contribution in [0.1, 0.15) is 27.8 Å². The maximum Gasteiger partial charge on any atom is 0.202 e. The summed E-state index contributed by atoms with van der Waals surface area (Å²) in [5, 5.41) is 13.4. The molecule has 0 saturated heterocycles. The maximum atomic E-state index is 10.2. The van der Waals surface area contributed by atoms with Crippen molar-refractivity contribution in [3.05, 3.63) is 124 Å². The van der Waals surface area contributed by atoms with Crippen LogP contribution >= 0.6 is 0 Å². The van der Waals surface area contributed by atoms with Crippen molar-refractivity contribution in [1.82, 2.24) is 0 Å². The van der Waals surface area contributed by atoms with Gasteiger partial charge in [0, 0.05) is 39.6 Å². The first-order valence-corrected chi connectivity index (χ1v) is 13.1. The topological polar surface area (TPSA) is 34.6 Å². The SMILES string of the molecule is [C-]#[N+]c1c2ccc(/C=C/c3ccc(N(C)C)cc3)cc2c(C#N)c2ccc(/C=C/c3ccc(N(C)C)cc3)cc12. The molecule has 5 aromatic carbocycles. The predicted molar refractivity (Wildman–Crippen MR) is 172 cm³/mol. The molecule has 194 valence electrons. The van der Waals surface area contributed by atoms with E-state index in [4.69, 9.17) is 6.57 Å². The molecular weight excluding hydrogens is 488 g/mol. The average molecular weight is 519 g/mol. The van der Waals surface area contributed by atoms with Gasteiger partial charge in [-0.15, -0.1) is 0 Å². The summed E-state index contributed by atoms with van der Waals surface area (Å²) in [5.74, 6) is 0. The van der Waals surface area contributed by atoms with Gasteiger partial charge in [-0.05, 0) is 74.1 Å².